The maximum absolute atomic E-state index is 6.42. The molecule has 12 rings (SSSR count). The third-order valence-electron chi connectivity index (χ3n) is 11.8. The topological polar surface area (TPSA) is 13.1 Å². The van der Waals surface area contributed by atoms with Crippen LogP contribution < -0.4 is 0 Å². The predicted molar refractivity (Wildman–Crippen MR) is 235 cm³/mol. The first-order valence-electron chi connectivity index (χ1n) is 19.0. The van der Waals surface area contributed by atoms with Crippen molar-refractivity contribution in [3.8, 4) is 33.4 Å². The Hall–Kier alpha value is -7.22. The van der Waals surface area contributed by atoms with Gasteiger partial charge in [-0.15, -0.1) is 0 Å². The van der Waals surface area contributed by atoms with Gasteiger partial charge < -0.3 is 4.42 Å². The number of hydrogen-bond donors (Lipinski definition) is 0. The lowest BCUT2D eigenvalue weighted by molar-refractivity contribution is 0.669. The van der Waals surface area contributed by atoms with E-state index in [2.05, 4.69) is 194 Å². The van der Waals surface area contributed by atoms with Crippen molar-refractivity contribution in [3.05, 3.63) is 194 Å². The van der Waals surface area contributed by atoms with Gasteiger partial charge in [-0.2, -0.15) is 0 Å². The first-order valence-corrected chi connectivity index (χ1v) is 19.0. The molecule has 55 heavy (non-hydrogen) atoms. The molecule has 0 aliphatic carbocycles. The first kappa shape index (κ1) is 30.3. The van der Waals surface area contributed by atoms with Gasteiger partial charge in [0.1, 0.15) is 11.2 Å². The van der Waals surface area contributed by atoms with E-state index in [4.69, 9.17) is 4.42 Å². The quantitative estimate of drug-likeness (QED) is 0.168. The highest BCUT2D eigenvalue weighted by molar-refractivity contribution is 6.21. The molecule has 1 nitrogen and oxygen atoms in total. The van der Waals surface area contributed by atoms with Crippen LogP contribution in [0.4, 0.5) is 0 Å². The summed E-state index contributed by atoms with van der Waals surface area (Å²) in [6.45, 7) is 0. The van der Waals surface area contributed by atoms with Gasteiger partial charge in [0, 0.05) is 10.8 Å². The lowest BCUT2D eigenvalue weighted by Crippen LogP contribution is -1.87. The van der Waals surface area contributed by atoms with E-state index in [-0.39, 0.29) is 0 Å². The highest BCUT2D eigenvalue weighted by Gasteiger charge is 2.15. The summed E-state index contributed by atoms with van der Waals surface area (Å²) < 4.78 is 6.42. The molecular formula is C54H32O. The molecule has 0 saturated carbocycles. The monoisotopic (exact) mass is 696 g/mol. The van der Waals surface area contributed by atoms with Crippen molar-refractivity contribution in [2.24, 2.45) is 0 Å². The molecule has 1 heterocycles. The summed E-state index contributed by atoms with van der Waals surface area (Å²) in [5, 5.41) is 17.5. The lowest BCUT2D eigenvalue weighted by atomic mass is 9.90. The number of benzene rings is 11. The molecule has 11 aromatic carbocycles. The van der Waals surface area contributed by atoms with E-state index < -0.39 is 0 Å². The van der Waals surface area contributed by atoms with E-state index >= 15 is 0 Å². The Bertz CT molecular complexity index is 3550. The first-order chi connectivity index (χ1) is 27.2. The minimum Gasteiger partial charge on any atom is -0.456 e. The Balaban J connectivity index is 0.995. The summed E-state index contributed by atoms with van der Waals surface area (Å²) in [7, 11) is 0. The van der Waals surface area contributed by atoms with Crippen molar-refractivity contribution in [3.63, 3.8) is 0 Å². The smallest absolute Gasteiger partial charge is 0.135 e. The van der Waals surface area contributed by atoms with Crippen LogP contribution in [0.5, 0.6) is 0 Å². The fourth-order valence-corrected chi connectivity index (χ4v) is 9.11. The number of hydrogen-bond acceptors (Lipinski definition) is 1. The summed E-state index contributed by atoms with van der Waals surface area (Å²) in [4.78, 5) is 0. The van der Waals surface area contributed by atoms with Crippen LogP contribution in [0.25, 0.3) is 120 Å². The van der Waals surface area contributed by atoms with Crippen molar-refractivity contribution >= 4 is 86.6 Å². The molecule has 0 unspecified atom stereocenters. The average molecular weight is 697 g/mol. The Morgan fingerprint density at radius 2 is 0.673 bits per heavy atom. The highest BCUT2D eigenvalue weighted by atomic mass is 16.3. The molecule has 0 radical (unpaired) electrons. The van der Waals surface area contributed by atoms with Crippen molar-refractivity contribution in [2.75, 3.05) is 0 Å². The Morgan fingerprint density at radius 1 is 0.218 bits per heavy atom. The summed E-state index contributed by atoms with van der Waals surface area (Å²) in [5.41, 5.74) is 9.07. The molecule has 0 aliphatic rings. The van der Waals surface area contributed by atoms with Gasteiger partial charge in [-0.25, -0.2) is 0 Å². The molecule has 12 aromatic rings. The average Bonchev–Trinajstić information content (AvgIpc) is 3.62. The Morgan fingerprint density at radius 3 is 1.42 bits per heavy atom. The van der Waals surface area contributed by atoms with E-state index in [1.807, 2.05) is 0 Å². The largest absolute Gasteiger partial charge is 0.456 e. The van der Waals surface area contributed by atoms with Crippen molar-refractivity contribution in [1.29, 1.82) is 0 Å². The Labute approximate surface area is 317 Å². The van der Waals surface area contributed by atoms with Gasteiger partial charge in [-0.05, 0) is 147 Å². The molecule has 1 aromatic heterocycles. The van der Waals surface area contributed by atoms with Gasteiger partial charge in [0.25, 0.3) is 0 Å². The second kappa shape index (κ2) is 11.6. The summed E-state index contributed by atoms with van der Waals surface area (Å²) in [5.74, 6) is 0. The molecule has 0 fully saturated rings. The van der Waals surface area contributed by atoms with Gasteiger partial charge >= 0.3 is 0 Å². The van der Waals surface area contributed by atoms with Crippen LogP contribution in [0.3, 0.4) is 0 Å². The molecule has 0 bridgehead atoms. The van der Waals surface area contributed by atoms with Crippen molar-refractivity contribution < 1.29 is 4.42 Å². The van der Waals surface area contributed by atoms with Crippen LogP contribution in [0.2, 0.25) is 0 Å². The van der Waals surface area contributed by atoms with Crippen LogP contribution in [-0.2, 0) is 0 Å². The number of rotatable bonds is 3. The minimum atomic E-state index is 0.901. The van der Waals surface area contributed by atoms with Crippen LogP contribution in [0.1, 0.15) is 0 Å². The minimum absolute atomic E-state index is 0.901. The highest BCUT2D eigenvalue weighted by Crippen LogP contribution is 2.41. The molecular weight excluding hydrogens is 665 g/mol. The summed E-state index contributed by atoms with van der Waals surface area (Å²) in [6.07, 6.45) is 0. The zero-order chi connectivity index (χ0) is 36.0. The Kier molecular flexibility index (Phi) is 6.40. The fourth-order valence-electron chi connectivity index (χ4n) is 9.11. The zero-order valence-electron chi connectivity index (χ0n) is 29.9. The zero-order valence-corrected chi connectivity index (χ0v) is 29.9. The summed E-state index contributed by atoms with van der Waals surface area (Å²) in [6, 6.07) is 71.2. The van der Waals surface area contributed by atoms with Crippen molar-refractivity contribution in [2.45, 2.75) is 0 Å². The molecule has 0 atom stereocenters. The van der Waals surface area contributed by atoms with E-state index in [0.717, 1.165) is 21.9 Å². The van der Waals surface area contributed by atoms with Crippen LogP contribution in [0.15, 0.2) is 199 Å². The predicted octanol–water partition coefficient (Wildman–Crippen LogP) is 15.5. The molecule has 1 heteroatoms. The van der Waals surface area contributed by atoms with Gasteiger partial charge in [0.15, 0.2) is 0 Å². The summed E-state index contributed by atoms with van der Waals surface area (Å²) >= 11 is 0. The van der Waals surface area contributed by atoms with Crippen LogP contribution >= 0.6 is 0 Å². The third kappa shape index (κ3) is 4.67. The molecule has 254 valence electrons. The van der Waals surface area contributed by atoms with Gasteiger partial charge in [-0.1, -0.05) is 146 Å². The third-order valence-corrected chi connectivity index (χ3v) is 11.8. The van der Waals surface area contributed by atoms with Gasteiger partial charge in [0.2, 0.25) is 0 Å². The molecule has 0 saturated heterocycles. The molecule has 0 amide bonds. The second-order valence-electron chi connectivity index (χ2n) is 14.8. The van der Waals surface area contributed by atoms with Crippen LogP contribution in [-0.4, -0.2) is 0 Å². The van der Waals surface area contributed by atoms with E-state index in [0.29, 0.717) is 0 Å². The normalized spacial score (nSPS) is 12.0. The fraction of sp³-hybridized carbons (Fsp3) is 0. The van der Waals surface area contributed by atoms with E-state index in [1.54, 1.807) is 0 Å². The molecule has 0 spiro atoms. The molecule has 0 aliphatic heterocycles. The van der Waals surface area contributed by atoms with E-state index in [1.165, 1.54) is 98.0 Å². The SMILES string of the molecule is c1ccc2c(c1)cc(-c1ccc3oc4ccc(-c5ccc6ccc(-c7cc8c9ccccc9ccc8c8ccccc78)cc6c5)cc4c3c1)c1ccccc12. The van der Waals surface area contributed by atoms with E-state index in [9.17, 15) is 0 Å². The number of furan rings is 1. The second-order valence-corrected chi connectivity index (χ2v) is 14.8. The lowest BCUT2D eigenvalue weighted by Gasteiger charge is -2.14. The van der Waals surface area contributed by atoms with Crippen molar-refractivity contribution in [1.82, 2.24) is 0 Å². The van der Waals surface area contributed by atoms with Gasteiger partial charge in [0.05, 0.1) is 0 Å². The molecule has 0 N–H and O–H groups in total. The standard InChI is InChI=1S/C54H32O/c1-3-11-41-34(9-1)21-24-47-44-14-6-8-16-46(44)49(32-50(41)47)38-20-18-33-17-19-35(27-40(33)28-38)36-22-25-53-51(29-36)52-31-39(23-26-54(52)55-53)48-30-37-10-2-4-12-42(37)43-13-5-7-15-45(43)48/h1-32H. The van der Waals surface area contributed by atoms with Gasteiger partial charge in [-0.3, -0.25) is 0 Å². The van der Waals surface area contributed by atoms with Crippen LogP contribution in [0, 0.1) is 0 Å². The maximum atomic E-state index is 6.42. The maximum Gasteiger partial charge on any atom is 0.135 e. The number of fused-ring (bicyclic) bond motifs is 12.